The van der Waals surface area contributed by atoms with Gasteiger partial charge in [0.15, 0.2) is 0 Å². The molecule has 2 N–H and O–H groups in total. The molecule has 2 fully saturated rings. The van der Waals surface area contributed by atoms with Crippen LogP contribution in [0.4, 0.5) is 0 Å². The first kappa shape index (κ1) is 22.3. The van der Waals surface area contributed by atoms with Crippen molar-refractivity contribution in [3.63, 3.8) is 0 Å². The average molecular weight is 885 g/mol. The van der Waals surface area contributed by atoms with E-state index in [1.54, 1.807) is 0 Å². The van der Waals surface area contributed by atoms with Crippen LogP contribution in [0.5, 0.6) is 0 Å². The van der Waals surface area contributed by atoms with E-state index in [0.717, 1.165) is 25.7 Å². The third-order valence-corrected chi connectivity index (χ3v) is 14.1. The minimum atomic E-state index is -0.220. The standard InChI is InChI=1S/C14H20I5NO3/c15-8-1-6(2-9(16)12(8)19)14(22)20-13-10(17)3-7(23-5-21)4-11(13)18/h6-13,21H,1-5H2,(H,20,22). The molecule has 2 aliphatic carbocycles. The fraction of sp³-hybridized carbons (Fsp3) is 0.929. The molecule has 0 bridgehead atoms. The number of carbonyl (C=O) groups is 1. The van der Waals surface area contributed by atoms with Crippen LogP contribution in [-0.2, 0) is 9.53 Å². The van der Waals surface area contributed by atoms with E-state index in [9.17, 15) is 4.79 Å². The largest absolute Gasteiger partial charge is 0.371 e. The molecular weight excluding hydrogens is 865 g/mol. The summed E-state index contributed by atoms with van der Waals surface area (Å²) >= 11 is 12.4. The lowest BCUT2D eigenvalue weighted by molar-refractivity contribution is -0.126. The zero-order valence-electron chi connectivity index (χ0n) is 12.3. The molecule has 0 saturated heterocycles. The van der Waals surface area contributed by atoms with E-state index in [-0.39, 0.29) is 30.8 Å². The van der Waals surface area contributed by atoms with Crippen molar-refractivity contribution in [2.75, 3.05) is 6.79 Å². The van der Waals surface area contributed by atoms with E-state index >= 15 is 0 Å². The zero-order valence-corrected chi connectivity index (χ0v) is 23.1. The van der Waals surface area contributed by atoms with Crippen molar-refractivity contribution in [3.8, 4) is 0 Å². The van der Waals surface area contributed by atoms with E-state index < -0.39 is 0 Å². The number of hydrogen-bond acceptors (Lipinski definition) is 3. The van der Waals surface area contributed by atoms with Gasteiger partial charge in [-0.15, -0.1) is 0 Å². The molecule has 0 aromatic carbocycles. The van der Waals surface area contributed by atoms with Crippen molar-refractivity contribution in [1.29, 1.82) is 0 Å². The van der Waals surface area contributed by atoms with Gasteiger partial charge in [-0.2, -0.15) is 0 Å². The second-order valence-electron chi connectivity index (χ2n) is 6.10. The Morgan fingerprint density at radius 1 is 0.957 bits per heavy atom. The van der Waals surface area contributed by atoms with Gasteiger partial charge >= 0.3 is 0 Å². The molecule has 4 unspecified atom stereocenters. The van der Waals surface area contributed by atoms with E-state index in [2.05, 4.69) is 118 Å². The van der Waals surface area contributed by atoms with E-state index in [4.69, 9.17) is 9.84 Å². The Kier molecular flexibility index (Phi) is 10.2. The number of alkyl halides is 5. The molecule has 134 valence electrons. The molecule has 2 aliphatic rings. The van der Waals surface area contributed by atoms with Crippen LogP contribution in [0.15, 0.2) is 0 Å². The SMILES string of the molecule is O=C(NC1C(I)CC(OCO)CC1I)C1CC(I)C(I)C(I)C1. The third-order valence-electron chi connectivity index (χ3n) is 4.46. The summed E-state index contributed by atoms with van der Waals surface area (Å²) in [5.74, 6) is 0.370. The predicted octanol–water partition coefficient (Wildman–Crippen LogP) is 4.03. The van der Waals surface area contributed by atoms with Crippen LogP contribution in [0.1, 0.15) is 25.7 Å². The topological polar surface area (TPSA) is 58.6 Å². The van der Waals surface area contributed by atoms with Gasteiger partial charge in [0.2, 0.25) is 5.91 Å². The second kappa shape index (κ2) is 10.5. The average Bonchev–Trinajstić information content (AvgIpc) is 2.48. The second-order valence-corrected chi connectivity index (χ2v) is 13.9. The number of hydrogen-bond donors (Lipinski definition) is 2. The summed E-state index contributed by atoms with van der Waals surface area (Å²) in [5.41, 5.74) is 0. The maximum absolute atomic E-state index is 12.8. The molecule has 4 atom stereocenters. The Balaban J connectivity index is 1.92. The van der Waals surface area contributed by atoms with Gasteiger partial charge in [0.25, 0.3) is 0 Å². The Morgan fingerprint density at radius 3 is 1.96 bits per heavy atom. The molecule has 23 heavy (non-hydrogen) atoms. The first-order valence-electron chi connectivity index (χ1n) is 7.56. The highest BCUT2D eigenvalue weighted by molar-refractivity contribution is 14.1. The van der Waals surface area contributed by atoms with Crippen molar-refractivity contribution in [2.45, 2.75) is 57.5 Å². The monoisotopic (exact) mass is 885 g/mol. The van der Waals surface area contributed by atoms with E-state index in [0.29, 0.717) is 19.6 Å². The van der Waals surface area contributed by atoms with Crippen LogP contribution in [0.2, 0.25) is 0 Å². The van der Waals surface area contributed by atoms with Gasteiger partial charge in [0.1, 0.15) is 6.79 Å². The van der Waals surface area contributed by atoms with Crippen LogP contribution < -0.4 is 5.32 Å². The van der Waals surface area contributed by atoms with Crippen molar-refractivity contribution in [1.82, 2.24) is 5.32 Å². The van der Waals surface area contributed by atoms with Crippen LogP contribution in [0, 0.1) is 5.92 Å². The minimum absolute atomic E-state index is 0.101. The smallest absolute Gasteiger partial charge is 0.223 e. The van der Waals surface area contributed by atoms with Gasteiger partial charge in [-0.3, -0.25) is 4.79 Å². The highest BCUT2D eigenvalue weighted by Gasteiger charge is 2.40. The summed E-state index contributed by atoms with van der Waals surface area (Å²) in [5, 5.41) is 12.3. The number of nitrogens with one attached hydrogen (secondary N) is 1. The molecule has 1 amide bonds. The van der Waals surface area contributed by atoms with Gasteiger partial charge in [-0.25, -0.2) is 0 Å². The van der Waals surface area contributed by atoms with Gasteiger partial charge < -0.3 is 15.2 Å². The van der Waals surface area contributed by atoms with Crippen LogP contribution >= 0.6 is 113 Å². The summed E-state index contributed by atoms with van der Waals surface area (Å²) in [6, 6.07) is 0.194. The Bertz CT molecular complexity index is 392. The van der Waals surface area contributed by atoms with Gasteiger partial charge in [0.05, 0.1) is 12.1 Å². The molecule has 0 heterocycles. The van der Waals surface area contributed by atoms with Gasteiger partial charge in [0, 0.05) is 25.5 Å². The van der Waals surface area contributed by atoms with Crippen molar-refractivity contribution < 1.29 is 14.6 Å². The van der Waals surface area contributed by atoms with Crippen LogP contribution in [-0.4, -0.2) is 49.6 Å². The number of aliphatic hydroxyl groups excluding tert-OH is 1. The summed E-state index contributed by atoms with van der Waals surface area (Å²) < 4.78 is 7.84. The molecular formula is C14H20I5NO3. The molecule has 0 aliphatic heterocycles. The summed E-state index contributed by atoms with van der Waals surface area (Å²) in [6.07, 6.45) is 3.84. The zero-order chi connectivity index (χ0) is 17.1. The number of halogens is 5. The lowest BCUT2D eigenvalue weighted by Crippen LogP contribution is -2.54. The number of carbonyl (C=O) groups excluding carboxylic acids is 1. The summed E-state index contributed by atoms with van der Waals surface area (Å²) in [4.78, 5) is 12.8. The molecule has 0 radical (unpaired) electrons. The Labute approximate surface area is 205 Å². The summed E-state index contributed by atoms with van der Waals surface area (Å²) in [6.45, 7) is -0.220. The first-order valence-corrected chi connectivity index (χ1v) is 13.8. The fourth-order valence-corrected chi connectivity index (χ4v) is 10.1. The first-order chi connectivity index (χ1) is 10.8. The fourth-order valence-electron chi connectivity index (χ4n) is 3.16. The number of amides is 1. The summed E-state index contributed by atoms with van der Waals surface area (Å²) in [7, 11) is 0. The number of ether oxygens (including phenoxy) is 1. The molecule has 2 rings (SSSR count). The van der Waals surface area contributed by atoms with E-state index in [1.165, 1.54) is 0 Å². The predicted molar refractivity (Wildman–Crippen MR) is 135 cm³/mol. The quantitative estimate of drug-likeness (QED) is 0.255. The maximum Gasteiger partial charge on any atom is 0.223 e. The van der Waals surface area contributed by atoms with Crippen molar-refractivity contribution in [2.24, 2.45) is 5.92 Å². The molecule has 4 nitrogen and oxygen atoms in total. The third kappa shape index (κ3) is 6.27. The molecule has 0 aromatic rings. The van der Waals surface area contributed by atoms with Gasteiger partial charge in [-0.05, 0) is 25.7 Å². The lowest BCUT2D eigenvalue weighted by Gasteiger charge is -2.39. The minimum Gasteiger partial charge on any atom is -0.371 e. The number of aliphatic hydroxyl groups is 1. The highest BCUT2D eigenvalue weighted by Crippen LogP contribution is 2.39. The van der Waals surface area contributed by atoms with Crippen LogP contribution in [0.3, 0.4) is 0 Å². The van der Waals surface area contributed by atoms with E-state index in [1.807, 2.05) is 0 Å². The van der Waals surface area contributed by atoms with Crippen molar-refractivity contribution >= 4 is 119 Å². The highest BCUT2D eigenvalue weighted by atomic mass is 127. The van der Waals surface area contributed by atoms with Crippen LogP contribution in [0.25, 0.3) is 0 Å². The Morgan fingerprint density at radius 2 is 1.48 bits per heavy atom. The Hall–Kier alpha value is 3.04. The molecule has 9 heteroatoms. The lowest BCUT2D eigenvalue weighted by atomic mass is 9.87. The molecule has 0 spiro atoms. The number of rotatable bonds is 4. The molecule has 2 saturated carbocycles. The maximum atomic E-state index is 12.8. The molecule has 0 aromatic heterocycles. The van der Waals surface area contributed by atoms with Gasteiger partial charge in [-0.1, -0.05) is 113 Å². The normalized spacial score (nSPS) is 44.8. The van der Waals surface area contributed by atoms with Crippen molar-refractivity contribution in [3.05, 3.63) is 0 Å².